The molecule has 0 amide bonds. The molecule has 3 heteroatoms. The summed E-state index contributed by atoms with van der Waals surface area (Å²) in [4.78, 5) is 9.10. The van der Waals surface area contributed by atoms with Gasteiger partial charge in [-0.25, -0.2) is 5.69 Å². The van der Waals surface area contributed by atoms with Gasteiger partial charge >= 0.3 is 0 Å². The normalized spacial score (nSPS) is 12.1. The van der Waals surface area contributed by atoms with Crippen LogP contribution in [0.15, 0.2) is 0 Å². The van der Waals surface area contributed by atoms with E-state index in [-0.39, 0.29) is 43.5 Å². The largest absolute Gasteiger partial charge is 0.338 e. The molecule has 0 atom stereocenters. The number of hydrogen-bond donors (Lipinski definition) is 0. The van der Waals surface area contributed by atoms with E-state index in [0.29, 0.717) is 0 Å². The van der Waals surface area contributed by atoms with E-state index in [1.807, 2.05) is 0 Å². The number of hydrogen-bond acceptors (Lipinski definition) is 2. The van der Waals surface area contributed by atoms with Crippen LogP contribution in [0.5, 0.6) is 0 Å². The molecule has 1 aromatic heterocycles. The van der Waals surface area contributed by atoms with Crippen molar-refractivity contribution < 1.29 is 32.7 Å². The molecule has 1 rings (SSSR count). The number of aromatic nitrogens is 2. The average molecular weight is 307 g/mol. The third kappa shape index (κ3) is 3.96. The van der Waals surface area contributed by atoms with Gasteiger partial charge < -0.3 is 15.5 Å². The van der Waals surface area contributed by atoms with Crippen LogP contribution in [0, 0.1) is 13.8 Å². The van der Waals surface area contributed by atoms with Gasteiger partial charge in [0, 0.05) is 38.1 Å². The van der Waals surface area contributed by atoms with Crippen LogP contribution < -0.4 is 0 Å². The van der Waals surface area contributed by atoms with Crippen LogP contribution in [-0.4, -0.2) is 9.97 Å². The summed E-state index contributed by atoms with van der Waals surface area (Å²) in [5.74, 6) is 0.842. The van der Waals surface area contributed by atoms with E-state index in [0.717, 1.165) is 22.8 Å². The second-order valence-corrected chi connectivity index (χ2v) is 6.32. The van der Waals surface area contributed by atoms with Gasteiger partial charge in [-0.2, -0.15) is 0 Å². The summed E-state index contributed by atoms with van der Waals surface area (Å²) in [6.07, 6.45) is 0. The van der Waals surface area contributed by atoms with Crippen molar-refractivity contribution in [1.82, 2.24) is 9.97 Å². The molecule has 0 N–H and O–H groups in total. The summed E-state index contributed by atoms with van der Waals surface area (Å²) in [5, 5.41) is 0. The maximum atomic E-state index is 4.66. The summed E-state index contributed by atoms with van der Waals surface area (Å²) >= 11 is 0. The van der Waals surface area contributed by atoms with Gasteiger partial charge in [0.15, 0.2) is 0 Å². The summed E-state index contributed by atoms with van der Waals surface area (Å²) in [7, 11) is 0. The molecule has 0 fully saturated rings. The molecule has 0 aliphatic heterocycles. The Hall–Kier alpha value is -0.0761. The fraction of sp³-hybridized carbons (Fsp3) is 0.571. The summed E-state index contributed by atoms with van der Waals surface area (Å²) in [6, 6.07) is 0. The average Bonchev–Trinajstić information content (AvgIpc) is 2.05. The summed E-state index contributed by atoms with van der Waals surface area (Å²) in [6.45, 7) is 20.7. The number of nitrogens with zero attached hydrogens (tertiary/aromatic N) is 2. The van der Waals surface area contributed by atoms with Crippen LogP contribution in [-0.2, 0) is 43.5 Å². The maximum absolute atomic E-state index is 4.66. The van der Waals surface area contributed by atoms with Crippen LogP contribution in [0.2, 0.25) is 0 Å². The van der Waals surface area contributed by atoms with E-state index in [9.17, 15) is 0 Å². The minimum absolute atomic E-state index is 0. The quantitative estimate of drug-likeness (QED) is 0.686. The minimum Gasteiger partial charge on any atom is -0.338 e. The molecule has 17 heavy (non-hydrogen) atoms. The second kappa shape index (κ2) is 5.28. The van der Waals surface area contributed by atoms with E-state index < -0.39 is 0 Å². The van der Waals surface area contributed by atoms with Gasteiger partial charge in [0.1, 0.15) is 5.82 Å². The van der Waals surface area contributed by atoms with E-state index >= 15 is 0 Å². The molecule has 1 aromatic rings. The maximum Gasteiger partial charge on any atom is 0.104 e. The van der Waals surface area contributed by atoms with Gasteiger partial charge in [-0.3, -0.25) is 13.8 Å². The van der Waals surface area contributed by atoms with Gasteiger partial charge in [0.05, 0.1) is 0 Å². The van der Waals surface area contributed by atoms with Crippen LogP contribution >= 0.6 is 0 Å². The molecule has 0 spiro atoms. The monoisotopic (exact) mass is 307 g/mol. The van der Waals surface area contributed by atoms with Gasteiger partial charge in [0.2, 0.25) is 0 Å². The Bertz CT molecular complexity index is 398. The first-order valence-corrected chi connectivity index (χ1v) is 5.60. The standard InChI is InChI=1S/C14H22N2.Y/c1-9-10(2)15-12(14(6,7)8)16-11(9)13(3,4)5;/h1-2H2,3-8H3;/q-2;. The number of rotatable bonds is 0. The first kappa shape index (κ1) is 16.9. The SMILES string of the molecule is [CH2-]c1nc(C(C)(C)C)nc(C(C)(C)C)c1[CH2-].[Y]. The van der Waals surface area contributed by atoms with Crippen molar-refractivity contribution in [1.29, 1.82) is 0 Å². The molecule has 2 nitrogen and oxygen atoms in total. The Morgan fingerprint density at radius 3 is 1.65 bits per heavy atom. The van der Waals surface area contributed by atoms with Gasteiger partial charge in [-0.1, -0.05) is 47.0 Å². The Balaban J connectivity index is 0.00000256. The summed E-state index contributed by atoms with van der Waals surface area (Å²) < 4.78 is 0. The third-order valence-electron chi connectivity index (χ3n) is 2.47. The van der Waals surface area contributed by atoms with Crippen molar-refractivity contribution in [3.63, 3.8) is 0 Å². The van der Waals surface area contributed by atoms with Crippen molar-refractivity contribution in [3.05, 3.63) is 36.6 Å². The fourth-order valence-electron chi connectivity index (χ4n) is 1.49. The molecule has 0 saturated heterocycles. The minimum atomic E-state index is -0.0554. The smallest absolute Gasteiger partial charge is 0.104 e. The Kier molecular flexibility index (Phi) is 5.25. The van der Waals surface area contributed by atoms with Crippen LogP contribution in [0.1, 0.15) is 64.3 Å². The van der Waals surface area contributed by atoms with Gasteiger partial charge in [-0.15, -0.1) is 5.69 Å². The van der Waals surface area contributed by atoms with Crippen molar-refractivity contribution in [2.24, 2.45) is 0 Å². The van der Waals surface area contributed by atoms with Crippen molar-refractivity contribution in [2.45, 2.75) is 52.4 Å². The molecular formula is C14H22N2Y-2. The van der Waals surface area contributed by atoms with Crippen LogP contribution in [0.3, 0.4) is 0 Å². The first-order valence-electron chi connectivity index (χ1n) is 5.60. The molecule has 0 aromatic carbocycles. The molecule has 0 unspecified atom stereocenters. The van der Waals surface area contributed by atoms with Crippen LogP contribution in [0.25, 0.3) is 0 Å². The molecule has 0 aliphatic rings. The Morgan fingerprint density at radius 1 is 0.824 bits per heavy atom. The third-order valence-corrected chi connectivity index (χ3v) is 2.47. The fourth-order valence-corrected chi connectivity index (χ4v) is 1.49. The molecule has 0 aliphatic carbocycles. The van der Waals surface area contributed by atoms with Crippen molar-refractivity contribution >= 4 is 0 Å². The van der Waals surface area contributed by atoms with Gasteiger partial charge in [0.25, 0.3) is 0 Å². The topological polar surface area (TPSA) is 25.8 Å². The molecule has 0 bridgehead atoms. The van der Waals surface area contributed by atoms with Crippen molar-refractivity contribution in [2.75, 3.05) is 0 Å². The molecular weight excluding hydrogens is 285 g/mol. The Morgan fingerprint density at radius 2 is 1.29 bits per heavy atom. The zero-order valence-electron chi connectivity index (χ0n) is 11.9. The first-order chi connectivity index (χ1) is 7.03. The molecule has 0 saturated carbocycles. The second-order valence-electron chi connectivity index (χ2n) is 6.32. The zero-order valence-corrected chi connectivity index (χ0v) is 14.7. The van der Waals surface area contributed by atoms with E-state index in [2.05, 4.69) is 65.4 Å². The van der Waals surface area contributed by atoms with E-state index in [1.165, 1.54) is 0 Å². The van der Waals surface area contributed by atoms with E-state index in [4.69, 9.17) is 0 Å². The Labute approximate surface area is 131 Å². The van der Waals surface area contributed by atoms with E-state index in [1.54, 1.807) is 0 Å². The molecule has 1 heterocycles. The van der Waals surface area contributed by atoms with Crippen LogP contribution in [0.4, 0.5) is 0 Å². The zero-order chi connectivity index (χ0) is 12.7. The van der Waals surface area contributed by atoms with Gasteiger partial charge in [-0.05, 0) is 0 Å². The predicted octanol–water partition coefficient (Wildman–Crippen LogP) is 3.43. The van der Waals surface area contributed by atoms with Crippen molar-refractivity contribution in [3.8, 4) is 0 Å². The molecule has 1 radical (unpaired) electrons. The summed E-state index contributed by atoms with van der Waals surface area (Å²) in [5.41, 5.74) is 2.52. The molecule has 93 valence electrons. The predicted molar refractivity (Wildman–Crippen MR) is 68.4 cm³/mol.